The van der Waals surface area contributed by atoms with E-state index in [9.17, 15) is 17.6 Å². The van der Waals surface area contributed by atoms with Gasteiger partial charge in [-0.1, -0.05) is 11.6 Å². The summed E-state index contributed by atoms with van der Waals surface area (Å²) in [6, 6.07) is 2.40. The van der Waals surface area contributed by atoms with E-state index in [-0.39, 0.29) is 17.1 Å². The first-order chi connectivity index (χ1) is 10.9. The average Bonchev–Trinajstić information content (AvgIpc) is 2.72. The van der Waals surface area contributed by atoms with Gasteiger partial charge in [0.25, 0.3) is 10.1 Å². The van der Waals surface area contributed by atoms with Crippen LogP contribution in [0, 0.1) is 5.82 Å². The summed E-state index contributed by atoms with van der Waals surface area (Å²) in [4.78, 5) is 12.3. The van der Waals surface area contributed by atoms with Gasteiger partial charge in [-0.25, -0.2) is 9.18 Å². The molecule has 0 aliphatic heterocycles. The van der Waals surface area contributed by atoms with Gasteiger partial charge < -0.3 is 4.74 Å². The van der Waals surface area contributed by atoms with E-state index in [0.29, 0.717) is 10.9 Å². The van der Waals surface area contributed by atoms with Crippen molar-refractivity contribution in [2.75, 3.05) is 6.26 Å². The fraction of sp³-hybridized carbons (Fsp3) is 0.400. The number of carbonyl (C=O) groups is 1. The summed E-state index contributed by atoms with van der Waals surface area (Å²) >= 11 is 5.79. The maximum atomic E-state index is 13.8. The number of hydrogen-bond acceptors (Lipinski definition) is 5. The molecular weight excluding hydrogens is 361 g/mol. The van der Waals surface area contributed by atoms with Crippen molar-refractivity contribution < 1.29 is 26.5 Å². The van der Waals surface area contributed by atoms with E-state index in [1.807, 2.05) is 0 Å². The van der Waals surface area contributed by atoms with Crippen LogP contribution in [0.4, 0.5) is 9.18 Å². The van der Waals surface area contributed by atoms with Crippen LogP contribution in [0.5, 0.6) is 0 Å². The van der Waals surface area contributed by atoms with E-state index in [0.717, 1.165) is 16.9 Å². The highest BCUT2D eigenvalue weighted by molar-refractivity contribution is 7.85. The summed E-state index contributed by atoms with van der Waals surface area (Å²) in [5, 5.41) is 0.251. The molecule has 6 nitrogen and oxygen atoms in total. The highest BCUT2D eigenvalue weighted by Crippen LogP contribution is 2.29. The molecule has 0 unspecified atom stereocenters. The molecule has 0 radical (unpaired) electrons. The minimum Gasteiger partial charge on any atom is -0.443 e. The third kappa shape index (κ3) is 4.46. The molecule has 0 saturated carbocycles. The van der Waals surface area contributed by atoms with E-state index in [1.54, 1.807) is 20.8 Å². The summed E-state index contributed by atoms with van der Waals surface area (Å²) in [6.45, 7) is 4.78. The van der Waals surface area contributed by atoms with E-state index in [2.05, 4.69) is 0 Å². The molecule has 24 heavy (non-hydrogen) atoms. The molecule has 0 aliphatic carbocycles. The second-order valence-electron chi connectivity index (χ2n) is 6.25. The number of nitrogens with zero attached hydrogens (tertiary/aromatic N) is 1. The van der Waals surface area contributed by atoms with Crippen LogP contribution in [-0.2, 0) is 25.6 Å². The first-order valence-corrected chi connectivity index (χ1v) is 9.13. The zero-order valence-electron chi connectivity index (χ0n) is 13.6. The number of aromatic nitrogens is 1. The highest BCUT2D eigenvalue weighted by atomic mass is 35.5. The van der Waals surface area contributed by atoms with Crippen molar-refractivity contribution in [1.29, 1.82) is 0 Å². The molecule has 1 heterocycles. The van der Waals surface area contributed by atoms with Crippen molar-refractivity contribution in [2.24, 2.45) is 0 Å². The highest BCUT2D eigenvalue weighted by Gasteiger charge is 2.22. The molecule has 0 fully saturated rings. The monoisotopic (exact) mass is 377 g/mol. The Morgan fingerprint density at radius 2 is 1.96 bits per heavy atom. The maximum Gasteiger partial charge on any atom is 0.419 e. The number of halogens is 2. The number of hydrogen-bond donors (Lipinski definition) is 0. The summed E-state index contributed by atoms with van der Waals surface area (Å²) in [5.41, 5.74) is -0.177. The van der Waals surface area contributed by atoms with Crippen molar-refractivity contribution in [2.45, 2.75) is 33.0 Å². The molecule has 9 heteroatoms. The lowest BCUT2D eigenvalue weighted by Gasteiger charge is -2.19. The van der Waals surface area contributed by atoms with E-state index >= 15 is 0 Å². The zero-order chi connectivity index (χ0) is 18.3. The van der Waals surface area contributed by atoms with Gasteiger partial charge in [0.1, 0.15) is 11.4 Å². The maximum absolute atomic E-state index is 13.8. The van der Waals surface area contributed by atoms with Crippen LogP contribution in [0.25, 0.3) is 10.9 Å². The molecule has 2 rings (SSSR count). The van der Waals surface area contributed by atoms with E-state index < -0.39 is 27.6 Å². The molecule has 1 aromatic heterocycles. The van der Waals surface area contributed by atoms with Crippen molar-refractivity contribution in [3.63, 3.8) is 0 Å². The molecule has 2 aromatic rings. The fourth-order valence-corrected chi connectivity index (χ4v) is 2.54. The second kappa shape index (κ2) is 6.34. The standard InChI is InChI=1S/C15H17ClFNO5S/c1-15(2,3)23-14(19)18-7-9(8-22-24(4,20)21)10-5-11(16)12(17)6-13(10)18/h5-7H,8H2,1-4H3. The fourth-order valence-electron chi connectivity index (χ4n) is 2.04. The van der Waals surface area contributed by atoms with Crippen molar-refractivity contribution >= 4 is 38.7 Å². The third-order valence-electron chi connectivity index (χ3n) is 2.95. The minimum absolute atomic E-state index is 0.148. The molecule has 0 amide bonds. The van der Waals surface area contributed by atoms with Crippen LogP contribution < -0.4 is 0 Å². The van der Waals surface area contributed by atoms with Crippen LogP contribution in [0.3, 0.4) is 0 Å². The van der Waals surface area contributed by atoms with Crippen LogP contribution >= 0.6 is 11.6 Å². The Hall–Kier alpha value is -1.64. The third-order valence-corrected chi connectivity index (χ3v) is 3.78. The molecule has 0 atom stereocenters. The predicted molar refractivity (Wildman–Crippen MR) is 88.2 cm³/mol. The number of fused-ring (bicyclic) bond motifs is 1. The van der Waals surface area contributed by atoms with Gasteiger partial charge in [-0.05, 0) is 26.8 Å². The lowest BCUT2D eigenvalue weighted by atomic mass is 10.2. The molecule has 0 bridgehead atoms. The van der Waals surface area contributed by atoms with Gasteiger partial charge in [-0.3, -0.25) is 8.75 Å². The number of ether oxygens (including phenoxy) is 1. The molecule has 0 saturated heterocycles. The first-order valence-electron chi connectivity index (χ1n) is 6.94. The van der Waals surface area contributed by atoms with Crippen LogP contribution in [0.1, 0.15) is 26.3 Å². The Balaban J connectivity index is 2.55. The molecule has 1 aromatic carbocycles. The van der Waals surface area contributed by atoms with Crippen molar-refractivity contribution in [3.05, 3.63) is 34.7 Å². The van der Waals surface area contributed by atoms with Crippen molar-refractivity contribution in [1.82, 2.24) is 4.57 Å². The molecule has 0 spiro atoms. The summed E-state index contributed by atoms with van der Waals surface area (Å²) in [5.74, 6) is -0.706. The Morgan fingerprint density at radius 1 is 1.33 bits per heavy atom. The molecule has 0 N–H and O–H groups in total. The molecule has 132 valence electrons. The number of benzene rings is 1. The zero-order valence-corrected chi connectivity index (χ0v) is 15.2. The number of rotatable bonds is 3. The van der Waals surface area contributed by atoms with E-state index in [1.165, 1.54) is 12.3 Å². The van der Waals surface area contributed by atoms with Gasteiger partial charge in [0.15, 0.2) is 0 Å². The minimum atomic E-state index is -3.68. The van der Waals surface area contributed by atoms with Gasteiger partial charge in [-0.15, -0.1) is 0 Å². The predicted octanol–water partition coefficient (Wildman–Crippen LogP) is 3.69. The van der Waals surface area contributed by atoms with Gasteiger partial charge in [-0.2, -0.15) is 8.42 Å². The summed E-state index contributed by atoms with van der Waals surface area (Å²) in [7, 11) is -3.68. The Bertz CT molecular complexity index is 899. The normalized spacial score (nSPS) is 12.6. The summed E-state index contributed by atoms with van der Waals surface area (Å²) in [6.07, 6.45) is 1.53. The summed E-state index contributed by atoms with van der Waals surface area (Å²) < 4.78 is 47.3. The molecular formula is C15H17ClFNO5S. The van der Waals surface area contributed by atoms with Crippen LogP contribution in [0.15, 0.2) is 18.3 Å². The van der Waals surface area contributed by atoms with Crippen LogP contribution in [-0.4, -0.2) is 30.9 Å². The average molecular weight is 378 g/mol. The largest absolute Gasteiger partial charge is 0.443 e. The van der Waals surface area contributed by atoms with Crippen molar-refractivity contribution in [3.8, 4) is 0 Å². The SMILES string of the molecule is CC(C)(C)OC(=O)n1cc(COS(C)(=O)=O)c2cc(Cl)c(F)cc21. The smallest absolute Gasteiger partial charge is 0.419 e. The topological polar surface area (TPSA) is 74.6 Å². The Labute approximate surface area is 144 Å². The Morgan fingerprint density at radius 3 is 2.50 bits per heavy atom. The first kappa shape index (κ1) is 18.7. The van der Waals surface area contributed by atoms with E-state index in [4.69, 9.17) is 20.5 Å². The lowest BCUT2D eigenvalue weighted by molar-refractivity contribution is 0.0544. The second-order valence-corrected chi connectivity index (χ2v) is 8.31. The lowest BCUT2D eigenvalue weighted by Crippen LogP contribution is -2.26. The Kier molecular flexibility index (Phi) is 4.94. The van der Waals surface area contributed by atoms with Gasteiger partial charge in [0.05, 0.1) is 23.4 Å². The quantitative estimate of drug-likeness (QED) is 0.762. The van der Waals surface area contributed by atoms with Gasteiger partial charge >= 0.3 is 6.09 Å². The van der Waals surface area contributed by atoms with Gasteiger partial charge in [0, 0.05) is 23.2 Å². The van der Waals surface area contributed by atoms with Crippen LogP contribution in [0.2, 0.25) is 5.02 Å². The molecule has 0 aliphatic rings. The number of carbonyl (C=O) groups excluding carboxylic acids is 1. The van der Waals surface area contributed by atoms with Gasteiger partial charge in [0.2, 0.25) is 0 Å².